The molecule has 0 bridgehead atoms. The number of aryl methyl sites for hydroxylation is 1. The highest BCUT2D eigenvalue weighted by Crippen LogP contribution is 2.16. The lowest BCUT2D eigenvalue weighted by Crippen LogP contribution is -2.10. The number of alkyl halides is 1. The molecule has 1 rings (SSSR count). The second-order valence-corrected chi connectivity index (χ2v) is 6.48. The van der Waals surface area contributed by atoms with Crippen molar-refractivity contribution < 1.29 is 4.74 Å². The van der Waals surface area contributed by atoms with Crippen LogP contribution in [-0.4, -0.2) is 11.4 Å². The zero-order valence-corrected chi connectivity index (χ0v) is 13.4. The quantitative estimate of drug-likeness (QED) is 0.607. The zero-order chi connectivity index (χ0) is 13.4. The van der Waals surface area contributed by atoms with E-state index in [1.165, 1.54) is 30.4 Å². The highest BCUT2D eigenvalue weighted by atomic mass is 79.9. The third kappa shape index (κ3) is 6.55. The number of ether oxygens (including phenoxy) is 1. The normalized spacial score (nSPS) is 14.4. The maximum atomic E-state index is 5.74. The minimum atomic E-state index is 0.483. The van der Waals surface area contributed by atoms with Crippen molar-refractivity contribution in [1.82, 2.24) is 0 Å². The summed E-state index contributed by atoms with van der Waals surface area (Å²) in [6.45, 7) is 8.18. The maximum Gasteiger partial charge on any atom is 0.0717 e. The predicted octanol–water partition coefficient (Wildman–Crippen LogP) is 5.10. The molecule has 0 aliphatic carbocycles. The zero-order valence-electron chi connectivity index (χ0n) is 11.8. The molecule has 0 spiro atoms. The van der Waals surface area contributed by atoms with Gasteiger partial charge in [0, 0.05) is 4.83 Å². The van der Waals surface area contributed by atoms with E-state index < -0.39 is 0 Å². The molecule has 18 heavy (non-hydrogen) atoms. The van der Waals surface area contributed by atoms with Gasteiger partial charge in [0.05, 0.1) is 13.2 Å². The van der Waals surface area contributed by atoms with E-state index in [0.29, 0.717) is 11.4 Å². The number of hydrogen-bond acceptors (Lipinski definition) is 1. The second-order valence-electron chi connectivity index (χ2n) is 5.19. The van der Waals surface area contributed by atoms with Crippen molar-refractivity contribution >= 4 is 15.9 Å². The Kier molecular flexibility index (Phi) is 7.60. The van der Waals surface area contributed by atoms with Crippen molar-refractivity contribution in [3.63, 3.8) is 0 Å². The Balaban J connectivity index is 2.15. The van der Waals surface area contributed by atoms with Crippen LogP contribution < -0.4 is 0 Å². The Morgan fingerprint density at radius 2 is 1.83 bits per heavy atom. The average molecular weight is 313 g/mol. The molecule has 1 aromatic rings. The largest absolute Gasteiger partial charge is 0.376 e. The highest BCUT2D eigenvalue weighted by Gasteiger charge is 2.07. The van der Waals surface area contributed by atoms with Crippen molar-refractivity contribution in [2.45, 2.75) is 51.5 Å². The molecule has 0 aromatic heterocycles. The molecule has 0 saturated carbocycles. The molecule has 0 aliphatic heterocycles. The maximum absolute atomic E-state index is 5.74. The van der Waals surface area contributed by atoms with Gasteiger partial charge >= 0.3 is 0 Å². The summed E-state index contributed by atoms with van der Waals surface area (Å²) in [6.07, 6.45) is 3.74. The van der Waals surface area contributed by atoms with Crippen LogP contribution in [0.1, 0.15) is 44.2 Å². The Labute approximate surface area is 120 Å². The van der Waals surface area contributed by atoms with Crippen molar-refractivity contribution in [2.75, 3.05) is 6.61 Å². The summed E-state index contributed by atoms with van der Waals surface area (Å²) in [5, 5.41) is 0. The van der Waals surface area contributed by atoms with Crippen LogP contribution in [0.3, 0.4) is 0 Å². The van der Waals surface area contributed by atoms with E-state index in [0.717, 1.165) is 12.5 Å². The molecule has 102 valence electrons. The molecule has 2 unspecified atom stereocenters. The molecule has 1 nitrogen and oxygen atoms in total. The van der Waals surface area contributed by atoms with E-state index >= 15 is 0 Å². The van der Waals surface area contributed by atoms with Gasteiger partial charge in [0.1, 0.15) is 0 Å². The number of halogens is 1. The third-order valence-electron chi connectivity index (χ3n) is 3.36. The number of hydrogen-bond donors (Lipinski definition) is 0. The Bertz CT molecular complexity index is 320. The van der Waals surface area contributed by atoms with Gasteiger partial charge in [-0.25, -0.2) is 0 Å². The summed E-state index contributed by atoms with van der Waals surface area (Å²) in [5.41, 5.74) is 2.55. The molecule has 1 aromatic carbocycles. The smallest absolute Gasteiger partial charge is 0.0717 e. The topological polar surface area (TPSA) is 9.23 Å². The summed E-state index contributed by atoms with van der Waals surface area (Å²) in [7, 11) is 0. The molecule has 2 heteroatoms. The summed E-state index contributed by atoms with van der Waals surface area (Å²) < 4.78 is 5.74. The molecule has 2 atom stereocenters. The van der Waals surface area contributed by atoms with Crippen molar-refractivity contribution in [2.24, 2.45) is 5.92 Å². The number of benzene rings is 1. The molecule has 0 radical (unpaired) electrons. The Hall–Kier alpha value is -0.340. The first-order valence-corrected chi connectivity index (χ1v) is 7.80. The van der Waals surface area contributed by atoms with Gasteiger partial charge in [-0.05, 0) is 31.2 Å². The van der Waals surface area contributed by atoms with Crippen LogP contribution in [0.15, 0.2) is 24.3 Å². The summed E-state index contributed by atoms with van der Waals surface area (Å²) >= 11 is 3.70. The minimum Gasteiger partial charge on any atom is -0.376 e. The lowest BCUT2D eigenvalue weighted by Gasteiger charge is -2.13. The second kappa shape index (κ2) is 8.71. The van der Waals surface area contributed by atoms with Gasteiger partial charge in [0.2, 0.25) is 0 Å². The molecular formula is C16H25BrO. The van der Waals surface area contributed by atoms with E-state index in [-0.39, 0.29) is 0 Å². The van der Waals surface area contributed by atoms with Gasteiger partial charge in [0.15, 0.2) is 0 Å². The first-order valence-electron chi connectivity index (χ1n) is 6.89. The van der Waals surface area contributed by atoms with E-state index in [9.17, 15) is 0 Å². The Morgan fingerprint density at radius 3 is 2.44 bits per heavy atom. The van der Waals surface area contributed by atoms with Gasteiger partial charge in [-0.3, -0.25) is 0 Å². The molecule has 0 aliphatic rings. The molecule has 0 fully saturated rings. The summed E-state index contributed by atoms with van der Waals surface area (Å²) in [6, 6.07) is 8.54. The standard InChI is InChI=1S/C16H25BrO/c1-4-13(2)7-10-16(17)12-18-11-15-8-5-14(3)6-9-15/h5-6,8-9,13,16H,4,7,10-12H2,1-3H3. The van der Waals surface area contributed by atoms with Crippen molar-refractivity contribution in [3.05, 3.63) is 35.4 Å². The van der Waals surface area contributed by atoms with E-state index in [1.54, 1.807) is 0 Å². The lowest BCUT2D eigenvalue weighted by molar-refractivity contribution is 0.120. The van der Waals surface area contributed by atoms with Crippen LogP contribution in [-0.2, 0) is 11.3 Å². The van der Waals surface area contributed by atoms with Gasteiger partial charge in [-0.1, -0.05) is 66.0 Å². The van der Waals surface area contributed by atoms with Gasteiger partial charge < -0.3 is 4.74 Å². The highest BCUT2D eigenvalue weighted by molar-refractivity contribution is 9.09. The van der Waals surface area contributed by atoms with E-state index in [4.69, 9.17) is 4.74 Å². The SMILES string of the molecule is CCC(C)CCC(Br)COCc1ccc(C)cc1. The minimum absolute atomic E-state index is 0.483. The molecule has 0 amide bonds. The molecule has 0 saturated heterocycles. The average Bonchev–Trinajstić information content (AvgIpc) is 2.38. The number of rotatable bonds is 8. The van der Waals surface area contributed by atoms with E-state index in [1.807, 2.05) is 0 Å². The first-order chi connectivity index (χ1) is 8.61. The fraction of sp³-hybridized carbons (Fsp3) is 0.625. The monoisotopic (exact) mass is 312 g/mol. The van der Waals surface area contributed by atoms with Crippen molar-refractivity contribution in [1.29, 1.82) is 0 Å². The van der Waals surface area contributed by atoms with Crippen LogP contribution in [0.25, 0.3) is 0 Å². The molecule has 0 N–H and O–H groups in total. The van der Waals surface area contributed by atoms with Gasteiger partial charge in [-0.15, -0.1) is 0 Å². The molecule has 0 heterocycles. The summed E-state index contributed by atoms with van der Waals surface area (Å²) in [5.74, 6) is 0.821. The van der Waals surface area contributed by atoms with Crippen LogP contribution >= 0.6 is 15.9 Å². The van der Waals surface area contributed by atoms with E-state index in [2.05, 4.69) is 61.0 Å². The van der Waals surface area contributed by atoms with Crippen LogP contribution in [0, 0.1) is 12.8 Å². The fourth-order valence-electron chi connectivity index (χ4n) is 1.74. The van der Waals surface area contributed by atoms with Crippen LogP contribution in [0.5, 0.6) is 0 Å². The van der Waals surface area contributed by atoms with Crippen LogP contribution in [0.2, 0.25) is 0 Å². The van der Waals surface area contributed by atoms with Gasteiger partial charge in [-0.2, -0.15) is 0 Å². The van der Waals surface area contributed by atoms with Crippen molar-refractivity contribution in [3.8, 4) is 0 Å². The fourth-order valence-corrected chi connectivity index (χ4v) is 2.19. The lowest BCUT2D eigenvalue weighted by atomic mass is 10.0. The van der Waals surface area contributed by atoms with Crippen LogP contribution in [0.4, 0.5) is 0 Å². The van der Waals surface area contributed by atoms with Gasteiger partial charge in [0.25, 0.3) is 0 Å². The molecular weight excluding hydrogens is 288 g/mol. The first kappa shape index (κ1) is 15.7. The summed E-state index contributed by atoms with van der Waals surface area (Å²) in [4.78, 5) is 0.483. The predicted molar refractivity (Wildman–Crippen MR) is 82.2 cm³/mol. The Morgan fingerprint density at radius 1 is 1.17 bits per heavy atom. The third-order valence-corrected chi connectivity index (χ3v) is 4.08.